The molecule has 2 N–H and O–H groups in total. The van der Waals surface area contributed by atoms with Crippen LogP contribution in [0.2, 0.25) is 0 Å². The third-order valence-corrected chi connectivity index (χ3v) is 4.59. The summed E-state index contributed by atoms with van der Waals surface area (Å²) >= 11 is 1.97. The highest BCUT2D eigenvalue weighted by Crippen LogP contribution is 2.25. The summed E-state index contributed by atoms with van der Waals surface area (Å²) in [4.78, 5) is 17.3. The van der Waals surface area contributed by atoms with Gasteiger partial charge in [-0.1, -0.05) is 0 Å². The largest absolute Gasteiger partial charge is 0.368 e. The van der Waals surface area contributed by atoms with Crippen molar-refractivity contribution in [2.24, 2.45) is 0 Å². The summed E-state index contributed by atoms with van der Waals surface area (Å²) in [5.74, 6) is 3.98. The number of hydrogen-bond donors (Lipinski definition) is 1. The Kier molecular flexibility index (Phi) is 4.68. The molecular formula is C12H22N6S. The van der Waals surface area contributed by atoms with E-state index in [1.807, 2.05) is 18.8 Å². The summed E-state index contributed by atoms with van der Waals surface area (Å²) in [5.41, 5.74) is 5.82. The van der Waals surface area contributed by atoms with Gasteiger partial charge in [0.1, 0.15) is 0 Å². The van der Waals surface area contributed by atoms with Gasteiger partial charge >= 0.3 is 0 Å². The molecule has 1 unspecified atom stereocenters. The Labute approximate surface area is 118 Å². The second-order valence-corrected chi connectivity index (χ2v) is 5.74. The van der Waals surface area contributed by atoms with E-state index in [1.165, 1.54) is 12.2 Å². The fourth-order valence-electron chi connectivity index (χ4n) is 2.17. The average molecular weight is 282 g/mol. The minimum Gasteiger partial charge on any atom is -0.368 e. The highest BCUT2D eigenvalue weighted by Gasteiger charge is 2.23. The van der Waals surface area contributed by atoms with Crippen molar-refractivity contribution in [2.45, 2.75) is 26.3 Å². The van der Waals surface area contributed by atoms with Gasteiger partial charge in [0.25, 0.3) is 0 Å². The molecule has 1 atom stereocenters. The molecule has 1 aliphatic heterocycles. The molecule has 1 aromatic rings. The van der Waals surface area contributed by atoms with E-state index in [0.29, 0.717) is 23.9 Å². The summed E-state index contributed by atoms with van der Waals surface area (Å²) in [7, 11) is 2.04. The molecule has 0 aromatic carbocycles. The van der Waals surface area contributed by atoms with Gasteiger partial charge in [-0.15, -0.1) is 0 Å². The maximum absolute atomic E-state index is 5.82. The number of aromatic nitrogens is 3. The smallest absolute Gasteiger partial charge is 0.231 e. The lowest BCUT2D eigenvalue weighted by molar-refractivity contribution is 0.677. The highest BCUT2D eigenvalue weighted by atomic mass is 32.2. The van der Waals surface area contributed by atoms with Crippen molar-refractivity contribution >= 4 is 29.6 Å². The van der Waals surface area contributed by atoms with Crippen LogP contribution in [0.15, 0.2) is 0 Å². The molecule has 19 heavy (non-hydrogen) atoms. The van der Waals surface area contributed by atoms with Crippen molar-refractivity contribution in [3.8, 4) is 0 Å². The van der Waals surface area contributed by atoms with Gasteiger partial charge in [-0.05, 0) is 26.0 Å². The Hall–Kier alpha value is -1.24. The second kappa shape index (κ2) is 6.27. The van der Waals surface area contributed by atoms with Gasteiger partial charge < -0.3 is 15.5 Å². The van der Waals surface area contributed by atoms with Crippen LogP contribution in [0.5, 0.6) is 0 Å². The number of anilines is 3. The van der Waals surface area contributed by atoms with E-state index in [-0.39, 0.29) is 0 Å². The summed E-state index contributed by atoms with van der Waals surface area (Å²) in [6.07, 6.45) is 1.17. The van der Waals surface area contributed by atoms with Gasteiger partial charge in [0, 0.05) is 31.9 Å². The lowest BCUT2D eigenvalue weighted by Gasteiger charge is -2.25. The first kappa shape index (κ1) is 14.2. The van der Waals surface area contributed by atoms with Crippen LogP contribution in [0.4, 0.5) is 17.8 Å². The van der Waals surface area contributed by atoms with Crippen molar-refractivity contribution < 1.29 is 0 Å². The molecule has 0 saturated carbocycles. The molecule has 2 heterocycles. The maximum Gasteiger partial charge on any atom is 0.231 e. The standard InChI is InChI=1S/C12H22N6S/c1-4-18(5-2)12-15-10(13)14-11(16-12)17(3)9-6-7-19-8-9/h9H,4-8H2,1-3H3,(H2,13,14,15,16). The van der Waals surface area contributed by atoms with Crippen molar-refractivity contribution in [3.63, 3.8) is 0 Å². The van der Waals surface area contributed by atoms with Crippen LogP contribution in [0.1, 0.15) is 20.3 Å². The van der Waals surface area contributed by atoms with Crippen LogP contribution >= 0.6 is 11.8 Å². The maximum atomic E-state index is 5.82. The van der Waals surface area contributed by atoms with Crippen LogP contribution in [-0.4, -0.2) is 52.6 Å². The zero-order chi connectivity index (χ0) is 13.8. The lowest BCUT2D eigenvalue weighted by Crippen LogP contribution is -2.34. The number of thioether (sulfide) groups is 1. The number of hydrogen-bond acceptors (Lipinski definition) is 7. The molecule has 0 spiro atoms. The topological polar surface area (TPSA) is 71.2 Å². The van der Waals surface area contributed by atoms with E-state index in [0.717, 1.165) is 18.8 Å². The molecule has 1 aromatic heterocycles. The van der Waals surface area contributed by atoms with E-state index in [2.05, 4.69) is 38.6 Å². The molecule has 1 aliphatic rings. The van der Waals surface area contributed by atoms with Gasteiger partial charge in [0.15, 0.2) is 0 Å². The van der Waals surface area contributed by atoms with E-state index in [9.17, 15) is 0 Å². The van der Waals surface area contributed by atoms with Crippen molar-refractivity contribution in [3.05, 3.63) is 0 Å². The SMILES string of the molecule is CCN(CC)c1nc(N)nc(N(C)C2CCSC2)n1. The summed E-state index contributed by atoms with van der Waals surface area (Å²) < 4.78 is 0. The Morgan fingerprint density at radius 1 is 1.21 bits per heavy atom. The average Bonchev–Trinajstić information content (AvgIpc) is 2.92. The quantitative estimate of drug-likeness (QED) is 0.871. The first-order chi connectivity index (χ1) is 9.15. The predicted molar refractivity (Wildman–Crippen MR) is 81.9 cm³/mol. The number of nitrogen functional groups attached to an aromatic ring is 1. The summed E-state index contributed by atoms with van der Waals surface area (Å²) in [5, 5.41) is 0. The van der Waals surface area contributed by atoms with Crippen LogP contribution < -0.4 is 15.5 Å². The summed E-state index contributed by atoms with van der Waals surface area (Å²) in [6.45, 7) is 5.89. The zero-order valence-electron chi connectivity index (χ0n) is 11.8. The molecule has 6 nitrogen and oxygen atoms in total. The Balaban J connectivity index is 2.24. The molecule has 7 heteroatoms. The fraction of sp³-hybridized carbons (Fsp3) is 0.750. The van der Waals surface area contributed by atoms with Gasteiger partial charge in [-0.2, -0.15) is 26.7 Å². The molecule has 0 aliphatic carbocycles. The molecule has 106 valence electrons. The third kappa shape index (κ3) is 3.20. The molecule has 0 radical (unpaired) electrons. The lowest BCUT2D eigenvalue weighted by atomic mass is 10.2. The van der Waals surface area contributed by atoms with E-state index >= 15 is 0 Å². The number of nitrogens with zero attached hydrogens (tertiary/aromatic N) is 5. The van der Waals surface area contributed by atoms with Crippen molar-refractivity contribution in [2.75, 3.05) is 47.2 Å². The number of nitrogens with two attached hydrogens (primary N) is 1. The van der Waals surface area contributed by atoms with Crippen LogP contribution in [0, 0.1) is 0 Å². The minimum absolute atomic E-state index is 0.296. The second-order valence-electron chi connectivity index (χ2n) is 4.59. The first-order valence-corrected chi connectivity index (χ1v) is 7.88. The molecule has 0 amide bonds. The number of rotatable bonds is 5. The van der Waals surface area contributed by atoms with Gasteiger partial charge in [0.2, 0.25) is 17.8 Å². The van der Waals surface area contributed by atoms with Gasteiger partial charge in [0.05, 0.1) is 0 Å². The zero-order valence-corrected chi connectivity index (χ0v) is 12.7. The molecular weight excluding hydrogens is 260 g/mol. The monoisotopic (exact) mass is 282 g/mol. The third-order valence-electron chi connectivity index (χ3n) is 3.44. The molecule has 0 bridgehead atoms. The van der Waals surface area contributed by atoms with Crippen LogP contribution in [0.3, 0.4) is 0 Å². The normalized spacial score (nSPS) is 18.6. The fourth-order valence-corrected chi connectivity index (χ4v) is 3.43. The van der Waals surface area contributed by atoms with E-state index in [1.54, 1.807) is 0 Å². The van der Waals surface area contributed by atoms with E-state index in [4.69, 9.17) is 5.73 Å². The Bertz CT molecular complexity index is 417. The molecule has 1 fully saturated rings. The highest BCUT2D eigenvalue weighted by molar-refractivity contribution is 7.99. The Morgan fingerprint density at radius 2 is 1.89 bits per heavy atom. The summed E-state index contributed by atoms with van der Waals surface area (Å²) in [6, 6.07) is 0.497. The van der Waals surface area contributed by atoms with Gasteiger partial charge in [-0.25, -0.2) is 0 Å². The van der Waals surface area contributed by atoms with Crippen molar-refractivity contribution in [1.29, 1.82) is 0 Å². The Morgan fingerprint density at radius 3 is 2.47 bits per heavy atom. The van der Waals surface area contributed by atoms with Crippen LogP contribution in [-0.2, 0) is 0 Å². The van der Waals surface area contributed by atoms with Gasteiger partial charge in [-0.3, -0.25) is 0 Å². The molecule has 2 rings (SSSR count). The molecule has 1 saturated heterocycles. The van der Waals surface area contributed by atoms with Crippen LogP contribution in [0.25, 0.3) is 0 Å². The van der Waals surface area contributed by atoms with E-state index < -0.39 is 0 Å². The first-order valence-electron chi connectivity index (χ1n) is 6.72. The van der Waals surface area contributed by atoms with Crippen molar-refractivity contribution in [1.82, 2.24) is 15.0 Å². The minimum atomic E-state index is 0.296. The predicted octanol–water partition coefficient (Wildman–Crippen LogP) is 1.24.